The molecule has 0 aliphatic carbocycles. The molecule has 4 aromatic heterocycles. The minimum absolute atomic E-state index is 0. The smallest absolute Gasteiger partial charge is 0 e. The first kappa shape index (κ1) is 38.8. The number of hydrogen-bond donors (Lipinski definition) is 0. The van der Waals surface area contributed by atoms with E-state index >= 15 is 0 Å². The molecular weight excluding hydrogens is 910 g/mol. The van der Waals surface area contributed by atoms with Gasteiger partial charge in [-0.2, -0.15) is 0 Å². The van der Waals surface area contributed by atoms with E-state index < -0.39 is 13.3 Å². The standard InChI is InChI=1S/C25H24FN2.C20H16GeN3O.Ir/c1-16(2)20-8-7-9-21(17(3)4)24(20)28-23-11-6-5-10-22(23)27-25(28)18-12-14-19(26)15-13-18;1-21(2,3)13-9-10-23-18(11-13)17-6-4-5-15-16-8-7-14(12-22)24-20(16)25-19(15)17;/h5-12,14-17H,1-4H3;4-5,7-11H,1-3H3;/q2*-1;. The maximum Gasteiger partial charge on any atom is 0 e. The minimum atomic E-state index is -1.96. The SMILES string of the molecule is CC(C)c1cccc(C(C)C)c1-n1c(-c2[c-]cc(F)cc2)nc2ccccc21.[CH3][Ge]([CH3])([CH3])[c]1ccnc(-c2[c-]ccc3c2oc2nc(C#N)ccc23)c1.[Ir]. The van der Waals surface area contributed by atoms with Crippen LogP contribution in [0.15, 0.2) is 108 Å². The molecule has 0 N–H and O–H groups in total. The van der Waals surface area contributed by atoms with Crippen molar-refractivity contribution in [2.24, 2.45) is 0 Å². The Bertz CT molecular complexity index is 2620. The first-order valence-electron chi connectivity index (χ1n) is 17.8. The summed E-state index contributed by atoms with van der Waals surface area (Å²) in [4.78, 5) is 13.7. The van der Waals surface area contributed by atoms with Gasteiger partial charge in [0.2, 0.25) is 0 Å². The maximum absolute atomic E-state index is 13.5. The van der Waals surface area contributed by atoms with E-state index in [1.54, 1.807) is 12.1 Å². The van der Waals surface area contributed by atoms with Gasteiger partial charge in [-0.1, -0.05) is 58.0 Å². The Morgan fingerprint density at radius 2 is 1.57 bits per heavy atom. The van der Waals surface area contributed by atoms with Crippen LogP contribution in [-0.2, 0) is 20.1 Å². The zero-order valence-corrected chi connectivity index (χ0v) is 35.8. The molecule has 4 heterocycles. The number of rotatable bonds is 6. The topological polar surface area (TPSA) is 80.5 Å². The number of para-hydroxylation sites is 3. The number of pyridine rings is 2. The molecule has 0 aliphatic rings. The van der Waals surface area contributed by atoms with Gasteiger partial charge in [-0.25, -0.2) is 0 Å². The van der Waals surface area contributed by atoms with Crippen LogP contribution in [0.25, 0.3) is 61.4 Å². The molecule has 8 rings (SSSR count). The van der Waals surface area contributed by atoms with Crippen LogP contribution < -0.4 is 4.40 Å². The summed E-state index contributed by atoms with van der Waals surface area (Å²) in [5, 5.41) is 10.9. The summed E-state index contributed by atoms with van der Waals surface area (Å²) >= 11 is -1.96. The van der Waals surface area contributed by atoms with Crippen molar-refractivity contribution in [3.05, 3.63) is 138 Å². The second-order valence-electron chi connectivity index (χ2n) is 14.8. The molecule has 0 aliphatic heterocycles. The quantitative estimate of drug-likeness (QED) is 0.123. The van der Waals surface area contributed by atoms with E-state index in [0.717, 1.165) is 44.5 Å². The van der Waals surface area contributed by atoms with E-state index in [0.29, 0.717) is 28.8 Å². The fraction of sp³-hybridized carbons (Fsp3) is 0.200. The summed E-state index contributed by atoms with van der Waals surface area (Å²) in [6.07, 6.45) is 1.86. The first-order chi connectivity index (χ1) is 25.4. The third kappa shape index (κ3) is 7.54. The largest absolute Gasteiger partial charge is 0 e. The van der Waals surface area contributed by atoms with Gasteiger partial charge in [-0.15, -0.1) is 29.8 Å². The minimum Gasteiger partial charge on any atom is 0 e. The zero-order valence-electron chi connectivity index (χ0n) is 31.3. The molecule has 0 saturated carbocycles. The summed E-state index contributed by atoms with van der Waals surface area (Å²) in [7, 11) is 0. The zero-order chi connectivity index (χ0) is 37.4. The van der Waals surface area contributed by atoms with Crippen molar-refractivity contribution in [3.63, 3.8) is 0 Å². The molecule has 8 aromatic rings. The van der Waals surface area contributed by atoms with Gasteiger partial charge in [0, 0.05) is 31.6 Å². The van der Waals surface area contributed by atoms with Gasteiger partial charge < -0.3 is 4.57 Å². The maximum atomic E-state index is 13.5. The Balaban J connectivity index is 0.000000182. The summed E-state index contributed by atoms with van der Waals surface area (Å²) in [5.74, 6) is 8.29. The normalized spacial score (nSPS) is 11.5. The average molecular weight is 951 g/mol. The van der Waals surface area contributed by atoms with E-state index in [-0.39, 0.29) is 25.9 Å². The molecule has 0 unspecified atom stereocenters. The van der Waals surface area contributed by atoms with Crippen molar-refractivity contribution in [2.75, 3.05) is 0 Å². The van der Waals surface area contributed by atoms with Gasteiger partial charge >= 0.3 is 148 Å². The second kappa shape index (κ2) is 15.8. The molecule has 6 nitrogen and oxygen atoms in total. The van der Waals surface area contributed by atoms with Crippen molar-refractivity contribution in [1.29, 1.82) is 5.26 Å². The number of furan rings is 1. The van der Waals surface area contributed by atoms with Crippen LogP contribution in [0.1, 0.15) is 56.4 Å². The van der Waals surface area contributed by atoms with E-state index in [2.05, 4.69) is 108 Å². The number of nitrogens with zero attached hydrogens (tertiary/aromatic N) is 5. The number of aromatic nitrogens is 4. The molecule has 0 bridgehead atoms. The number of halogens is 1. The molecule has 273 valence electrons. The molecular formula is C45H40FGeIrN5O-2. The summed E-state index contributed by atoms with van der Waals surface area (Å²) in [6, 6.07) is 39.3. The first-order valence-corrected chi connectivity index (χ1v) is 25.2. The van der Waals surface area contributed by atoms with Crippen molar-refractivity contribution in [3.8, 4) is 34.4 Å². The average Bonchev–Trinajstić information content (AvgIpc) is 3.73. The Kier molecular flexibility index (Phi) is 11.4. The molecule has 0 saturated heterocycles. The molecule has 0 fully saturated rings. The number of benzene rings is 4. The third-order valence-corrected chi connectivity index (χ3v) is 13.7. The Hall–Kier alpha value is -4.94. The van der Waals surface area contributed by atoms with E-state index in [9.17, 15) is 4.39 Å². The van der Waals surface area contributed by atoms with Gasteiger partial charge in [-0.05, 0) is 35.1 Å². The molecule has 54 heavy (non-hydrogen) atoms. The molecule has 0 amide bonds. The number of imidazole rings is 1. The van der Waals surface area contributed by atoms with Gasteiger partial charge in [-0.3, -0.25) is 9.37 Å². The monoisotopic (exact) mass is 952 g/mol. The van der Waals surface area contributed by atoms with Crippen molar-refractivity contribution in [1.82, 2.24) is 19.5 Å². The summed E-state index contributed by atoms with van der Waals surface area (Å²) < 4.78 is 23.1. The third-order valence-electron chi connectivity index (χ3n) is 9.44. The van der Waals surface area contributed by atoms with Crippen molar-refractivity contribution in [2.45, 2.75) is 56.8 Å². The van der Waals surface area contributed by atoms with Gasteiger partial charge in [0.15, 0.2) is 0 Å². The Morgan fingerprint density at radius 1 is 0.833 bits per heavy atom. The van der Waals surface area contributed by atoms with Gasteiger partial charge in [0.05, 0.1) is 16.9 Å². The Labute approximate surface area is 331 Å². The van der Waals surface area contributed by atoms with Crippen LogP contribution in [0, 0.1) is 29.3 Å². The van der Waals surface area contributed by atoms with E-state index in [4.69, 9.17) is 14.7 Å². The van der Waals surface area contributed by atoms with E-state index in [1.807, 2.05) is 48.7 Å². The number of hydrogen-bond acceptors (Lipinski definition) is 5. The summed E-state index contributed by atoms with van der Waals surface area (Å²) in [5.41, 5.74) is 9.71. The Morgan fingerprint density at radius 3 is 2.24 bits per heavy atom. The number of nitriles is 1. The molecule has 0 atom stereocenters. The molecule has 1 radical (unpaired) electrons. The predicted octanol–water partition coefficient (Wildman–Crippen LogP) is 11.1. The predicted molar refractivity (Wildman–Crippen MR) is 215 cm³/mol. The fourth-order valence-electron chi connectivity index (χ4n) is 6.66. The van der Waals surface area contributed by atoms with E-state index in [1.165, 1.54) is 33.3 Å². The van der Waals surface area contributed by atoms with Gasteiger partial charge in [0.25, 0.3) is 0 Å². The van der Waals surface area contributed by atoms with Crippen LogP contribution in [0.3, 0.4) is 0 Å². The van der Waals surface area contributed by atoms with Crippen LogP contribution in [0.4, 0.5) is 4.39 Å². The van der Waals surface area contributed by atoms with Crippen molar-refractivity contribution >= 4 is 50.8 Å². The van der Waals surface area contributed by atoms with Crippen LogP contribution in [0.2, 0.25) is 17.3 Å². The van der Waals surface area contributed by atoms with Crippen LogP contribution >= 0.6 is 0 Å². The molecule has 4 aromatic carbocycles. The second-order valence-corrected chi connectivity index (χ2v) is 25.5. The van der Waals surface area contributed by atoms with Gasteiger partial charge in [0.1, 0.15) is 0 Å². The fourth-order valence-corrected chi connectivity index (χ4v) is 9.06. The van der Waals surface area contributed by atoms with Crippen LogP contribution in [-0.4, -0.2) is 32.8 Å². The number of fused-ring (bicyclic) bond motifs is 4. The van der Waals surface area contributed by atoms with Crippen LogP contribution in [0.5, 0.6) is 0 Å². The summed E-state index contributed by atoms with van der Waals surface area (Å²) in [6.45, 7) is 8.86. The molecule has 0 spiro atoms. The van der Waals surface area contributed by atoms with Crippen molar-refractivity contribution < 1.29 is 28.9 Å². The molecule has 9 heteroatoms.